The first-order valence-electron chi connectivity index (χ1n) is 7.21. The molecule has 21 heavy (non-hydrogen) atoms. The molecule has 120 valence electrons. The van der Waals surface area contributed by atoms with Crippen molar-refractivity contribution in [1.29, 1.82) is 0 Å². The van der Waals surface area contributed by atoms with E-state index in [2.05, 4.69) is 4.90 Å². The molecule has 0 aliphatic rings. The van der Waals surface area contributed by atoms with Crippen molar-refractivity contribution in [1.82, 2.24) is 9.21 Å². The Hall–Kier alpha value is -1.11. The first-order chi connectivity index (χ1) is 9.70. The lowest BCUT2D eigenvalue weighted by Crippen LogP contribution is -2.33. The van der Waals surface area contributed by atoms with Crippen LogP contribution in [0.1, 0.15) is 24.5 Å². The molecule has 0 saturated carbocycles. The molecular formula is C15H27N3O2S. The molecule has 5 nitrogen and oxygen atoms in total. The maximum absolute atomic E-state index is 12.7. The Morgan fingerprint density at radius 3 is 2.24 bits per heavy atom. The van der Waals surface area contributed by atoms with E-state index in [1.54, 1.807) is 12.1 Å². The summed E-state index contributed by atoms with van der Waals surface area (Å²) in [4.78, 5) is 2.34. The molecule has 2 N–H and O–H groups in total. The van der Waals surface area contributed by atoms with Crippen molar-refractivity contribution in [2.24, 2.45) is 0 Å². The van der Waals surface area contributed by atoms with E-state index in [0.29, 0.717) is 18.8 Å². The predicted octanol–water partition coefficient (Wildman–Crippen LogP) is 1.85. The first kappa shape index (κ1) is 17.9. The minimum Gasteiger partial charge on any atom is -0.398 e. The molecule has 0 saturated heterocycles. The van der Waals surface area contributed by atoms with Crippen molar-refractivity contribution in [3.8, 4) is 0 Å². The van der Waals surface area contributed by atoms with Gasteiger partial charge in [0.1, 0.15) is 0 Å². The second-order valence-corrected chi connectivity index (χ2v) is 7.55. The number of benzene rings is 1. The molecule has 0 amide bonds. The number of hydrogen-bond donors (Lipinski definition) is 1. The minimum absolute atomic E-state index is 0.287. The van der Waals surface area contributed by atoms with Crippen molar-refractivity contribution in [2.75, 3.05) is 39.5 Å². The molecule has 0 atom stereocenters. The SMILES string of the molecule is CCN(CCCN(C)C)S(=O)(=O)c1cc(C)c(C)c(N)c1. The van der Waals surface area contributed by atoms with Crippen LogP contribution in [0.15, 0.2) is 17.0 Å². The molecule has 0 aliphatic carbocycles. The molecule has 0 radical (unpaired) electrons. The average molecular weight is 313 g/mol. The van der Waals surface area contributed by atoms with Crippen LogP contribution >= 0.6 is 0 Å². The van der Waals surface area contributed by atoms with Crippen LogP contribution in [0.2, 0.25) is 0 Å². The minimum atomic E-state index is -3.48. The van der Waals surface area contributed by atoms with Gasteiger partial charge in [-0.05, 0) is 64.2 Å². The van der Waals surface area contributed by atoms with Crippen molar-refractivity contribution in [2.45, 2.75) is 32.1 Å². The number of rotatable bonds is 7. The molecular weight excluding hydrogens is 286 g/mol. The standard InChI is InChI=1S/C15H27N3O2S/c1-6-18(9-7-8-17(4)5)21(19,20)14-10-12(2)13(3)15(16)11-14/h10-11H,6-9,16H2,1-5H3. The van der Waals surface area contributed by atoms with Gasteiger partial charge in [-0.15, -0.1) is 0 Å². The summed E-state index contributed by atoms with van der Waals surface area (Å²) in [5, 5.41) is 0. The van der Waals surface area contributed by atoms with Crippen molar-refractivity contribution >= 4 is 15.7 Å². The van der Waals surface area contributed by atoms with Crippen LogP contribution in [0.5, 0.6) is 0 Å². The van der Waals surface area contributed by atoms with E-state index in [4.69, 9.17) is 5.73 Å². The lowest BCUT2D eigenvalue weighted by Gasteiger charge is -2.22. The fourth-order valence-corrected chi connectivity index (χ4v) is 3.77. The summed E-state index contributed by atoms with van der Waals surface area (Å²) in [7, 11) is 0.486. The van der Waals surface area contributed by atoms with Crippen LogP contribution < -0.4 is 5.73 Å². The summed E-state index contributed by atoms with van der Waals surface area (Å²) in [6, 6.07) is 3.27. The van der Waals surface area contributed by atoms with E-state index >= 15 is 0 Å². The highest BCUT2D eigenvalue weighted by atomic mass is 32.2. The van der Waals surface area contributed by atoms with Gasteiger partial charge in [0.25, 0.3) is 0 Å². The van der Waals surface area contributed by atoms with E-state index in [9.17, 15) is 8.42 Å². The normalized spacial score (nSPS) is 12.3. The van der Waals surface area contributed by atoms with E-state index in [1.165, 1.54) is 4.31 Å². The van der Waals surface area contributed by atoms with E-state index in [-0.39, 0.29) is 4.90 Å². The molecule has 0 unspecified atom stereocenters. The van der Waals surface area contributed by atoms with Gasteiger partial charge < -0.3 is 10.6 Å². The van der Waals surface area contributed by atoms with Gasteiger partial charge >= 0.3 is 0 Å². The smallest absolute Gasteiger partial charge is 0.243 e. The largest absolute Gasteiger partial charge is 0.398 e. The second-order valence-electron chi connectivity index (χ2n) is 5.61. The Labute approximate surface area is 128 Å². The van der Waals surface area contributed by atoms with Gasteiger partial charge in [0.2, 0.25) is 10.0 Å². The first-order valence-corrected chi connectivity index (χ1v) is 8.65. The van der Waals surface area contributed by atoms with Gasteiger partial charge in [0.15, 0.2) is 0 Å². The maximum atomic E-state index is 12.7. The third-order valence-corrected chi connectivity index (χ3v) is 5.64. The maximum Gasteiger partial charge on any atom is 0.243 e. The van der Waals surface area contributed by atoms with Gasteiger partial charge in [0.05, 0.1) is 4.90 Å². The summed E-state index contributed by atoms with van der Waals surface area (Å²) in [6.07, 6.45) is 0.806. The Morgan fingerprint density at radius 1 is 1.14 bits per heavy atom. The van der Waals surface area contributed by atoms with Gasteiger partial charge in [0, 0.05) is 18.8 Å². The fourth-order valence-electron chi connectivity index (χ4n) is 2.16. The number of hydrogen-bond acceptors (Lipinski definition) is 4. The summed E-state index contributed by atoms with van der Waals surface area (Å²) in [5.41, 5.74) is 8.27. The van der Waals surface area contributed by atoms with Crippen LogP contribution in [0.25, 0.3) is 0 Å². The molecule has 1 rings (SSSR count). The van der Waals surface area contributed by atoms with Crippen LogP contribution in [0, 0.1) is 13.8 Å². The number of nitrogens with zero attached hydrogens (tertiary/aromatic N) is 2. The Kier molecular flexibility index (Phi) is 6.19. The Balaban J connectivity index is 3.02. The predicted molar refractivity (Wildman–Crippen MR) is 87.9 cm³/mol. The zero-order valence-electron chi connectivity index (χ0n) is 13.7. The number of nitrogens with two attached hydrogens (primary N) is 1. The van der Waals surface area contributed by atoms with Crippen molar-refractivity contribution in [3.63, 3.8) is 0 Å². The van der Waals surface area contributed by atoms with Crippen LogP contribution in [-0.2, 0) is 10.0 Å². The summed E-state index contributed by atoms with van der Waals surface area (Å²) in [5.74, 6) is 0. The molecule has 0 heterocycles. The highest BCUT2D eigenvalue weighted by molar-refractivity contribution is 7.89. The number of anilines is 1. The number of nitrogen functional groups attached to an aromatic ring is 1. The lowest BCUT2D eigenvalue weighted by atomic mass is 10.1. The van der Waals surface area contributed by atoms with E-state index in [1.807, 2.05) is 34.9 Å². The zero-order valence-corrected chi connectivity index (χ0v) is 14.5. The van der Waals surface area contributed by atoms with Gasteiger partial charge in [-0.1, -0.05) is 6.92 Å². The van der Waals surface area contributed by atoms with Crippen molar-refractivity contribution in [3.05, 3.63) is 23.3 Å². The molecule has 0 aliphatic heterocycles. The van der Waals surface area contributed by atoms with E-state index < -0.39 is 10.0 Å². The van der Waals surface area contributed by atoms with Crippen LogP contribution in [0.3, 0.4) is 0 Å². The topological polar surface area (TPSA) is 66.6 Å². The lowest BCUT2D eigenvalue weighted by molar-refractivity contribution is 0.356. The van der Waals surface area contributed by atoms with Crippen molar-refractivity contribution < 1.29 is 8.42 Å². The molecule has 1 aromatic carbocycles. The molecule has 0 aromatic heterocycles. The zero-order chi connectivity index (χ0) is 16.2. The monoisotopic (exact) mass is 313 g/mol. The Bertz CT molecular complexity index is 560. The van der Waals surface area contributed by atoms with Gasteiger partial charge in [-0.25, -0.2) is 8.42 Å². The quantitative estimate of drug-likeness (QED) is 0.780. The third kappa shape index (κ3) is 4.43. The summed E-state index contributed by atoms with van der Waals surface area (Å²) in [6.45, 7) is 7.48. The highest BCUT2D eigenvalue weighted by Crippen LogP contribution is 2.24. The summed E-state index contributed by atoms with van der Waals surface area (Å²) < 4.78 is 26.9. The molecule has 0 fully saturated rings. The fraction of sp³-hybridized carbons (Fsp3) is 0.600. The number of sulfonamides is 1. The van der Waals surface area contributed by atoms with Gasteiger partial charge in [-0.2, -0.15) is 4.31 Å². The molecule has 1 aromatic rings. The molecule has 0 spiro atoms. The highest BCUT2D eigenvalue weighted by Gasteiger charge is 2.23. The Morgan fingerprint density at radius 2 is 1.76 bits per heavy atom. The number of aryl methyl sites for hydroxylation is 1. The molecule has 0 bridgehead atoms. The third-order valence-electron chi connectivity index (χ3n) is 3.68. The molecule has 6 heteroatoms. The summed E-state index contributed by atoms with van der Waals surface area (Å²) >= 11 is 0. The second kappa shape index (κ2) is 7.24. The van der Waals surface area contributed by atoms with Crippen LogP contribution in [-0.4, -0.2) is 51.4 Å². The van der Waals surface area contributed by atoms with E-state index in [0.717, 1.165) is 24.1 Å². The van der Waals surface area contributed by atoms with Gasteiger partial charge in [-0.3, -0.25) is 0 Å². The average Bonchev–Trinajstić information content (AvgIpc) is 2.39. The van der Waals surface area contributed by atoms with Crippen LogP contribution in [0.4, 0.5) is 5.69 Å².